The minimum absolute atomic E-state index is 0.0478. The zero-order valence-electron chi connectivity index (χ0n) is 14.2. The van der Waals surface area contributed by atoms with Gasteiger partial charge in [-0.2, -0.15) is 4.68 Å². The molecule has 1 heterocycles. The first-order chi connectivity index (χ1) is 12.3. The molecule has 26 heavy (non-hydrogen) atoms. The molecule has 0 unspecified atom stereocenters. The molecule has 1 aromatic carbocycles. The maximum absolute atomic E-state index is 12.1. The van der Waals surface area contributed by atoms with Crippen molar-refractivity contribution in [3.63, 3.8) is 0 Å². The summed E-state index contributed by atoms with van der Waals surface area (Å²) in [4.78, 5) is 32.7. The van der Waals surface area contributed by atoms with Crippen molar-refractivity contribution in [2.24, 2.45) is 0 Å². The maximum atomic E-state index is 12.1. The fraction of sp³-hybridized carbons (Fsp3) is 0.333. The number of anilines is 1. The van der Waals surface area contributed by atoms with E-state index in [2.05, 4.69) is 10.4 Å². The van der Waals surface area contributed by atoms with Crippen LogP contribution < -0.4 is 10.1 Å². The van der Waals surface area contributed by atoms with Gasteiger partial charge in [0.2, 0.25) is 5.91 Å². The predicted molar refractivity (Wildman–Crippen MR) is 91.1 cm³/mol. The Balaban J connectivity index is 2.05. The standard InChI is InChI=1S/C15H17N5O6/c1-3-26-11-4-5-12(13(9-11)19(22)23)16-15(21)6-7-18-10(2)8-14(17-18)20(24)25/h4-5,8-9H,3,6-7H2,1-2H3,(H,16,21). The van der Waals surface area contributed by atoms with Crippen LogP contribution in [0.25, 0.3) is 0 Å². The molecule has 0 spiro atoms. The Hall–Kier alpha value is -3.50. The van der Waals surface area contributed by atoms with Crippen LogP contribution in [0.15, 0.2) is 24.3 Å². The van der Waals surface area contributed by atoms with Gasteiger partial charge in [0.05, 0.1) is 41.0 Å². The number of hydrogen-bond acceptors (Lipinski definition) is 7. The summed E-state index contributed by atoms with van der Waals surface area (Å²) in [5.41, 5.74) is 0.304. The van der Waals surface area contributed by atoms with Crippen LogP contribution >= 0.6 is 0 Å². The first-order valence-corrected chi connectivity index (χ1v) is 7.71. The Kier molecular flexibility index (Phi) is 5.83. The van der Waals surface area contributed by atoms with Crippen LogP contribution in [0.1, 0.15) is 19.0 Å². The lowest BCUT2D eigenvalue weighted by atomic mass is 10.2. The summed E-state index contributed by atoms with van der Waals surface area (Å²) in [5, 5.41) is 28.1. The van der Waals surface area contributed by atoms with Crippen LogP contribution in [0.4, 0.5) is 17.2 Å². The number of carbonyl (C=O) groups excluding carboxylic acids is 1. The zero-order chi connectivity index (χ0) is 19.3. The van der Waals surface area contributed by atoms with E-state index in [1.165, 1.54) is 28.9 Å². The molecule has 1 aromatic heterocycles. The number of rotatable bonds is 8. The molecule has 0 radical (unpaired) electrons. The lowest BCUT2D eigenvalue weighted by Gasteiger charge is -2.08. The molecular formula is C15H17N5O6. The molecule has 0 bridgehead atoms. The van der Waals surface area contributed by atoms with Gasteiger partial charge in [0, 0.05) is 6.42 Å². The van der Waals surface area contributed by atoms with E-state index in [0.29, 0.717) is 18.1 Å². The molecule has 0 aliphatic rings. The molecule has 0 fully saturated rings. The highest BCUT2D eigenvalue weighted by atomic mass is 16.6. The second kappa shape index (κ2) is 8.05. The Bertz CT molecular complexity index is 847. The quantitative estimate of drug-likeness (QED) is 0.560. The molecule has 1 N–H and O–H groups in total. The number of nitrogens with zero attached hydrogens (tertiary/aromatic N) is 4. The van der Waals surface area contributed by atoms with Gasteiger partial charge in [0.15, 0.2) is 0 Å². The number of nitro groups is 2. The van der Waals surface area contributed by atoms with Gasteiger partial charge in [-0.05, 0) is 30.9 Å². The largest absolute Gasteiger partial charge is 0.494 e. The van der Waals surface area contributed by atoms with Crippen molar-refractivity contribution < 1.29 is 19.4 Å². The molecule has 11 heteroatoms. The van der Waals surface area contributed by atoms with Gasteiger partial charge in [-0.25, -0.2) is 0 Å². The average Bonchev–Trinajstić information content (AvgIpc) is 2.95. The monoisotopic (exact) mass is 363 g/mol. The summed E-state index contributed by atoms with van der Waals surface area (Å²) >= 11 is 0. The van der Waals surface area contributed by atoms with Crippen LogP contribution in [0, 0.1) is 27.2 Å². The van der Waals surface area contributed by atoms with Crippen LogP contribution in [0.2, 0.25) is 0 Å². The molecule has 0 aliphatic carbocycles. The molecular weight excluding hydrogens is 346 g/mol. The van der Waals surface area contributed by atoms with E-state index in [-0.39, 0.29) is 30.2 Å². The number of aryl methyl sites for hydroxylation is 2. The van der Waals surface area contributed by atoms with Gasteiger partial charge in [-0.3, -0.25) is 14.9 Å². The summed E-state index contributed by atoms with van der Waals surface area (Å²) in [7, 11) is 0. The molecule has 2 aromatic rings. The van der Waals surface area contributed by atoms with Crippen molar-refractivity contribution in [3.8, 4) is 5.75 Å². The van der Waals surface area contributed by atoms with Crippen molar-refractivity contribution in [2.45, 2.75) is 26.8 Å². The smallest absolute Gasteiger partial charge is 0.390 e. The normalized spacial score (nSPS) is 10.4. The van der Waals surface area contributed by atoms with Crippen molar-refractivity contribution in [1.82, 2.24) is 9.78 Å². The first-order valence-electron chi connectivity index (χ1n) is 7.71. The second-order valence-electron chi connectivity index (χ2n) is 5.29. The van der Waals surface area contributed by atoms with Crippen LogP contribution in [0.5, 0.6) is 5.75 Å². The van der Waals surface area contributed by atoms with Gasteiger partial charge >= 0.3 is 5.82 Å². The minimum Gasteiger partial charge on any atom is -0.494 e. The third kappa shape index (κ3) is 4.53. The van der Waals surface area contributed by atoms with Gasteiger partial charge in [-0.1, -0.05) is 0 Å². The molecule has 0 saturated carbocycles. The van der Waals surface area contributed by atoms with Crippen molar-refractivity contribution in [3.05, 3.63) is 50.2 Å². The minimum atomic E-state index is -0.618. The Morgan fingerprint density at radius 1 is 1.27 bits per heavy atom. The van der Waals surface area contributed by atoms with Gasteiger partial charge < -0.3 is 20.2 Å². The third-order valence-electron chi connectivity index (χ3n) is 3.46. The van der Waals surface area contributed by atoms with Crippen LogP contribution in [0.3, 0.4) is 0 Å². The highest BCUT2D eigenvalue weighted by Crippen LogP contribution is 2.29. The Morgan fingerprint density at radius 3 is 2.58 bits per heavy atom. The van der Waals surface area contributed by atoms with Crippen molar-refractivity contribution in [1.29, 1.82) is 0 Å². The van der Waals surface area contributed by atoms with E-state index < -0.39 is 15.8 Å². The molecule has 1 amide bonds. The number of amides is 1. The number of benzene rings is 1. The van der Waals surface area contributed by atoms with E-state index in [1.54, 1.807) is 13.8 Å². The van der Waals surface area contributed by atoms with E-state index in [9.17, 15) is 25.0 Å². The molecule has 11 nitrogen and oxygen atoms in total. The summed E-state index contributed by atoms with van der Waals surface area (Å²) in [5.74, 6) is -0.448. The van der Waals surface area contributed by atoms with Gasteiger partial charge in [-0.15, -0.1) is 0 Å². The third-order valence-corrected chi connectivity index (χ3v) is 3.46. The summed E-state index contributed by atoms with van der Waals surface area (Å²) in [6.45, 7) is 3.85. The van der Waals surface area contributed by atoms with E-state index in [1.807, 2.05) is 0 Å². The van der Waals surface area contributed by atoms with E-state index >= 15 is 0 Å². The molecule has 0 saturated heterocycles. The number of nitrogens with one attached hydrogen (secondary N) is 1. The van der Waals surface area contributed by atoms with Crippen LogP contribution in [-0.2, 0) is 11.3 Å². The highest BCUT2D eigenvalue weighted by molar-refractivity contribution is 5.93. The van der Waals surface area contributed by atoms with Crippen molar-refractivity contribution >= 4 is 23.1 Å². The maximum Gasteiger partial charge on any atom is 0.390 e. The molecule has 138 valence electrons. The first kappa shape index (κ1) is 18.8. The topological polar surface area (TPSA) is 142 Å². The SMILES string of the molecule is CCOc1ccc(NC(=O)CCn2nc([N+](=O)[O-])cc2C)c([N+](=O)[O-])c1. The Morgan fingerprint density at radius 2 is 2.00 bits per heavy atom. The number of carbonyl (C=O) groups is 1. The van der Waals surface area contributed by atoms with E-state index in [4.69, 9.17) is 4.74 Å². The Labute approximate surface area is 147 Å². The highest BCUT2D eigenvalue weighted by Gasteiger charge is 2.19. The van der Waals surface area contributed by atoms with Crippen molar-refractivity contribution in [2.75, 3.05) is 11.9 Å². The molecule has 2 rings (SSSR count). The second-order valence-corrected chi connectivity index (χ2v) is 5.29. The summed E-state index contributed by atoms with van der Waals surface area (Å²) in [6, 6.07) is 5.45. The lowest BCUT2D eigenvalue weighted by molar-refractivity contribution is -0.389. The van der Waals surface area contributed by atoms with Crippen LogP contribution in [-0.4, -0.2) is 32.1 Å². The van der Waals surface area contributed by atoms with E-state index in [0.717, 1.165) is 0 Å². The summed E-state index contributed by atoms with van der Waals surface area (Å²) < 4.78 is 6.55. The average molecular weight is 363 g/mol. The fourth-order valence-corrected chi connectivity index (χ4v) is 2.25. The number of nitro benzene ring substituents is 1. The van der Waals surface area contributed by atoms with Gasteiger partial charge in [0.1, 0.15) is 11.4 Å². The number of hydrogen-bond donors (Lipinski definition) is 1. The molecule has 0 aliphatic heterocycles. The number of ether oxygens (including phenoxy) is 1. The fourth-order valence-electron chi connectivity index (χ4n) is 2.25. The van der Waals surface area contributed by atoms with Gasteiger partial charge in [0.25, 0.3) is 5.69 Å². The predicted octanol–water partition coefficient (Wildman–Crippen LogP) is 2.44. The molecule has 0 atom stereocenters. The lowest BCUT2D eigenvalue weighted by Crippen LogP contribution is -2.16. The number of aromatic nitrogens is 2. The zero-order valence-corrected chi connectivity index (χ0v) is 14.2. The summed E-state index contributed by atoms with van der Waals surface area (Å²) in [6.07, 6.45) is -0.0515.